The molecule has 1 fully saturated rings. The summed E-state index contributed by atoms with van der Waals surface area (Å²) in [7, 11) is 3.04. The van der Waals surface area contributed by atoms with E-state index in [9.17, 15) is 19.5 Å². The molecule has 4 N–H and O–H groups in total. The number of ether oxygens (including phenoxy) is 2. The van der Waals surface area contributed by atoms with Crippen LogP contribution in [0.25, 0.3) is 0 Å². The molecule has 0 aromatic heterocycles. The molecule has 1 heterocycles. The van der Waals surface area contributed by atoms with Crippen molar-refractivity contribution in [2.45, 2.75) is 38.9 Å². The maximum absolute atomic E-state index is 13.2. The molecule has 9 nitrogen and oxygen atoms in total. The number of likely N-dealkylation sites (tertiary alicyclic amines) is 1. The van der Waals surface area contributed by atoms with Crippen LogP contribution in [0.2, 0.25) is 0 Å². The lowest BCUT2D eigenvalue weighted by atomic mass is 9.62. The van der Waals surface area contributed by atoms with Crippen molar-refractivity contribution in [3.05, 3.63) is 35.9 Å². The second kappa shape index (κ2) is 8.02. The maximum atomic E-state index is 13.2. The van der Waals surface area contributed by atoms with Crippen LogP contribution in [0, 0.1) is 5.41 Å². The number of hydrogen-bond acceptors (Lipinski definition) is 5. The Balaban J connectivity index is 2.48. The van der Waals surface area contributed by atoms with Gasteiger partial charge in [0.2, 0.25) is 5.91 Å². The van der Waals surface area contributed by atoms with Crippen LogP contribution in [0.3, 0.4) is 0 Å². The molecule has 1 aromatic carbocycles. The molecular weight excluding hydrogens is 378 g/mol. The number of amides is 3. The van der Waals surface area contributed by atoms with Crippen LogP contribution in [0.1, 0.15) is 26.3 Å². The lowest BCUT2D eigenvalue weighted by molar-refractivity contribution is -0.170. The van der Waals surface area contributed by atoms with Crippen molar-refractivity contribution in [2.24, 2.45) is 11.1 Å². The predicted octanol–water partition coefficient (Wildman–Crippen LogP) is 1.51. The van der Waals surface area contributed by atoms with E-state index < -0.39 is 34.9 Å². The van der Waals surface area contributed by atoms with Gasteiger partial charge in [0.25, 0.3) is 5.91 Å². The van der Waals surface area contributed by atoms with Gasteiger partial charge in [0.05, 0.1) is 26.8 Å². The number of nitrogens with two attached hydrogens (primary N) is 1. The first kappa shape index (κ1) is 22.1. The van der Waals surface area contributed by atoms with E-state index in [1.54, 1.807) is 39.0 Å². The highest BCUT2D eigenvalue weighted by atomic mass is 16.5. The van der Waals surface area contributed by atoms with Crippen molar-refractivity contribution in [3.63, 3.8) is 0 Å². The average Bonchev–Trinajstić information content (AvgIpc) is 2.64. The number of primary amides is 1. The van der Waals surface area contributed by atoms with Crippen LogP contribution in [0.15, 0.2) is 30.4 Å². The third-order valence-corrected chi connectivity index (χ3v) is 5.14. The third kappa shape index (κ3) is 3.98. The summed E-state index contributed by atoms with van der Waals surface area (Å²) in [6, 6.07) is 4.48. The average molecular weight is 405 g/mol. The summed E-state index contributed by atoms with van der Waals surface area (Å²) >= 11 is 0. The van der Waals surface area contributed by atoms with Gasteiger partial charge in [-0.25, -0.2) is 4.79 Å². The minimum absolute atomic E-state index is 0.152. The topological polar surface area (TPSA) is 131 Å². The molecule has 29 heavy (non-hydrogen) atoms. The molecule has 0 aliphatic carbocycles. The molecule has 9 heteroatoms. The van der Waals surface area contributed by atoms with Gasteiger partial charge in [0.1, 0.15) is 11.5 Å². The summed E-state index contributed by atoms with van der Waals surface area (Å²) < 4.78 is 10.6. The standard InChI is InChI=1S/C20H27N3O6/c1-19(2,3)20(22-18(26)27)15(8-9-16(21)24)23(17(20)25)11-12-6-7-13(28-4)10-14(12)29-5/h6-10,15,22H,11H2,1-5H3,(H2,21,24)(H,26,27)/t15-,20+/m0/s1. The third-order valence-electron chi connectivity index (χ3n) is 5.14. The van der Waals surface area contributed by atoms with E-state index in [-0.39, 0.29) is 6.54 Å². The van der Waals surface area contributed by atoms with E-state index >= 15 is 0 Å². The molecule has 0 saturated carbocycles. The molecule has 158 valence electrons. The van der Waals surface area contributed by atoms with E-state index in [0.717, 1.165) is 6.08 Å². The molecule has 0 unspecified atom stereocenters. The molecule has 1 aliphatic rings. The molecule has 0 spiro atoms. The van der Waals surface area contributed by atoms with Crippen LogP contribution in [-0.4, -0.2) is 53.7 Å². The van der Waals surface area contributed by atoms with E-state index in [2.05, 4.69) is 5.32 Å². The molecule has 0 radical (unpaired) electrons. The number of β-lactam (4-membered cyclic amide) rings is 1. The Hall–Kier alpha value is -3.23. The number of nitrogens with one attached hydrogen (secondary N) is 1. The highest BCUT2D eigenvalue weighted by Crippen LogP contribution is 2.46. The van der Waals surface area contributed by atoms with E-state index in [0.29, 0.717) is 17.1 Å². The number of nitrogens with zero attached hydrogens (tertiary/aromatic N) is 1. The molecule has 1 aliphatic heterocycles. The number of methoxy groups -OCH3 is 2. The fourth-order valence-electron chi connectivity index (χ4n) is 3.67. The minimum Gasteiger partial charge on any atom is -0.497 e. The Morgan fingerprint density at radius 1 is 1.31 bits per heavy atom. The molecule has 3 amide bonds. The number of hydrogen-bond donors (Lipinski definition) is 3. The van der Waals surface area contributed by atoms with E-state index in [4.69, 9.17) is 15.2 Å². The molecule has 2 atom stereocenters. The highest BCUT2D eigenvalue weighted by Gasteiger charge is 2.66. The van der Waals surface area contributed by atoms with E-state index in [1.165, 1.54) is 25.2 Å². The summed E-state index contributed by atoms with van der Waals surface area (Å²) in [6.07, 6.45) is 1.27. The van der Waals surface area contributed by atoms with Crippen molar-refractivity contribution in [1.82, 2.24) is 10.2 Å². The van der Waals surface area contributed by atoms with Crippen LogP contribution in [0.5, 0.6) is 11.5 Å². The van der Waals surface area contributed by atoms with Gasteiger partial charge in [-0.05, 0) is 17.5 Å². The summed E-state index contributed by atoms with van der Waals surface area (Å²) in [5.74, 6) is 0.0328. The second-order valence-corrected chi connectivity index (χ2v) is 7.81. The zero-order valence-electron chi connectivity index (χ0n) is 17.2. The van der Waals surface area contributed by atoms with Crippen molar-refractivity contribution in [2.75, 3.05) is 14.2 Å². The molecule has 1 saturated heterocycles. The Bertz CT molecular complexity index is 845. The van der Waals surface area contributed by atoms with Gasteiger partial charge < -0.3 is 30.5 Å². The zero-order valence-corrected chi connectivity index (χ0v) is 17.2. The van der Waals surface area contributed by atoms with Gasteiger partial charge >= 0.3 is 6.09 Å². The number of carboxylic acid groups (broad SMARTS) is 1. The number of carbonyl (C=O) groups is 3. The lowest BCUT2D eigenvalue weighted by Crippen LogP contribution is -2.83. The molecule has 0 bridgehead atoms. The maximum Gasteiger partial charge on any atom is 0.405 e. The van der Waals surface area contributed by atoms with E-state index in [1.807, 2.05) is 0 Å². The fraction of sp³-hybridized carbons (Fsp3) is 0.450. The van der Waals surface area contributed by atoms with Gasteiger partial charge in [-0.3, -0.25) is 9.59 Å². The number of benzene rings is 1. The SMILES string of the molecule is COc1ccc(CN2C(=O)[C@@](NC(=O)O)(C(C)(C)C)[C@@H]2C=CC(N)=O)c(OC)c1. The van der Waals surface area contributed by atoms with Gasteiger partial charge in [-0.1, -0.05) is 26.8 Å². The Morgan fingerprint density at radius 2 is 1.97 bits per heavy atom. The van der Waals surface area contributed by atoms with Crippen LogP contribution in [0.4, 0.5) is 4.79 Å². The summed E-state index contributed by atoms with van der Waals surface area (Å²) in [4.78, 5) is 37.5. The van der Waals surface area contributed by atoms with Gasteiger partial charge in [0, 0.05) is 17.7 Å². The summed E-state index contributed by atoms with van der Waals surface area (Å²) in [6.45, 7) is 5.44. The van der Waals surface area contributed by atoms with Crippen molar-refractivity contribution in [3.8, 4) is 11.5 Å². The predicted molar refractivity (Wildman–Crippen MR) is 106 cm³/mol. The summed E-state index contributed by atoms with van der Waals surface area (Å²) in [5.41, 5.74) is 3.73. The number of rotatable bonds is 7. The first-order valence-corrected chi connectivity index (χ1v) is 8.98. The van der Waals surface area contributed by atoms with Gasteiger partial charge in [0.15, 0.2) is 5.54 Å². The molecular formula is C20H27N3O6. The van der Waals surface area contributed by atoms with Crippen LogP contribution in [-0.2, 0) is 16.1 Å². The monoisotopic (exact) mass is 405 g/mol. The first-order valence-electron chi connectivity index (χ1n) is 8.98. The Labute approximate surface area is 169 Å². The first-order chi connectivity index (χ1) is 13.5. The second-order valence-electron chi connectivity index (χ2n) is 7.81. The Morgan fingerprint density at radius 3 is 2.45 bits per heavy atom. The normalized spacial score (nSPS) is 21.6. The largest absolute Gasteiger partial charge is 0.497 e. The lowest BCUT2D eigenvalue weighted by Gasteiger charge is -2.60. The highest BCUT2D eigenvalue weighted by molar-refractivity contribution is 5.99. The molecule has 1 aromatic rings. The quantitative estimate of drug-likeness (QED) is 0.465. The fourth-order valence-corrected chi connectivity index (χ4v) is 3.67. The Kier molecular flexibility index (Phi) is 6.10. The molecule has 2 rings (SSSR count). The van der Waals surface area contributed by atoms with Crippen LogP contribution < -0.4 is 20.5 Å². The zero-order chi connectivity index (χ0) is 22.0. The van der Waals surface area contributed by atoms with Crippen molar-refractivity contribution >= 4 is 17.9 Å². The summed E-state index contributed by atoms with van der Waals surface area (Å²) in [5, 5.41) is 11.8. The van der Waals surface area contributed by atoms with Gasteiger partial charge in [-0.2, -0.15) is 0 Å². The van der Waals surface area contributed by atoms with Crippen LogP contribution >= 0.6 is 0 Å². The minimum atomic E-state index is -1.44. The van der Waals surface area contributed by atoms with Gasteiger partial charge in [-0.15, -0.1) is 0 Å². The van der Waals surface area contributed by atoms with Crippen molar-refractivity contribution < 1.29 is 29.0 Å². The van der Waals surface area contributed by atoms with Crippen molar-refractivity contribution in [1.29, 1.82) is 0 Å². The number of carbonyl (C=O) groups excluding carboxylic acids is 2. The smallest absolute Gasteiger partial charge is 0.405 e.